The first kappa shape index (κ1) is 20.9. The Balaban J connectivity index is 3.67. The molecule has 2 amide bonds. The molecule has 5 heteroatoms. The normalized spacial score (nSPS) is 11.5. The average Bonchev–Trinajstić information content (AvgIpc) is 2.48. The van der Waals surface area contributed by atoms with E-state index in [0.29, 0.717) is 6.54 Å². The van der Waals surface area contributed by atoms with Crippen molar-refractivity contribution in [2.24, 2.45) is 11.5 Å². The number of nitrogens with one attached hydrogen (secondary N) is 1. The number of amides is 2. The van der Waals surface area contributed by atoms with Gasteiger partial charge in [0.15, 0.2) is 5.54 Å². The maximum Gasteiger partial charge on any atom is 0.247 e. The molecule has 0 rings (SSSR count). The molecule has 0 aliphatic heterocycles. The van der Waals surface area contributed by atoms with Gasteiger partial charge < -0.3 is 11.5 Å². The molecule has 0 saturated heterocycles. The molecule has 0 bridgehead atoms. The van der Waals surface area contributed by atoms with Crippen molar-refractivity contribution >= 4 is 11.8 Å². The van der Waals surface area contributed by atoms with Crippen molar-refractivity contribution in [3.8, 4) is 0 Å². The van der Waals surface area contributed by atoms with Crippen molar-refractivity contribution in [2.45, 2.75) is 90.0 Å². The lowest BCUT2D eigenvalue weighted by Gasteiger charge is -2.27. The Morgan fingerprint density at radius 3 is 1.55 bits per heavy atom. The van der Waals surface area contributed by atoms with Gasteiger partial charge in [-0.1, -0.05) is 71.6 Å². The highest BCUT2D eigenvalue weighted by molar-refractivity contribution is 6.08. The van der Waals surface area contributed by atoms with Gasteiger partial charge in [-0.2, -0.15) is 0 Å². The van der Waals surface area contributed by atoms with Crippen molar-refractivity contribution in [3.63, 3.8) is 0 Å². The molecule has 5 N–H and O–H groups in total. The minimum absolute atomic E-state index is 0.287. The van der Waals surface area contributed by atoms with Crippen LogP contribution < -0.4 is 16.8 Å². The molecule has 0 fully saturated rings. The van der Waals surface area contributed by atoms with Gasteiger partial charge in [0.1, 0.15) is 0 Å². The highest BCUT2D eigenvalue weighted by Gasteiger charge is 2.40. The smallest absolute Gasteiger partial charge is 0.247 e. The van der Waals surface area contributed by atoms with E-state index in [2.05, 4.69) is 12.2 Å². The molecule has 22 heavy (non-hydrogen) atoms. The molecule has 0 aliphatic carbocycles. The van der Waals surface area contributed by atoms with Gasteiger partial charge in [0.05, 0.1) is 0 Å². The molecule has 0 atom stereocenters. The molecule has 0 aliphatic rings. The molecule has 0 aromatic heterocycles. The van der Waals surface area contributed by atoms with Crippen molar-refractivity contribution in [2.75, 3.05) is 6.54 Å². The van der Waals surface area contributed by atoms with E-state index in [1.807, 2.05) is 0 Å². The third kappa shape index (κ3) is 7.78. The lowest BCUT2D eigenvalue weighted by molar-refractivity contribution is -0.135. The Morgan fingerprint density at radius 2 is 1.18 bits per heavy atom. The number of hydrogen-bond donors (Lipinski definition) is 3. The van der Waals surface area contributed by atoms with Gasteiger partial charge in [0.2, 0.25) is 11.8 Å². The first-order valence-corrected chi connectivity index (χ1v) is 8.86. The van der Waals surface area contributed by atoms with Crippen molar-refractivity contribution in [3.05, 3.63) is 0 Å². The molecule has 0 unspecified atom stereocenters. The first-order chi connectivity index (χ1) is 10.5. The molecule has 0 radical (unpaired) electrons. The Labute approximate surface area is 135 Å². The van der Waals surface area contributed by atoms with E-state index in [4.69, 9.17) is 11.5 Å². The quantitative estimate of drug-likeness (QED) is 0.320. The maximum absolute atomic E-state index is 11.5. The van der Waals surface area contributed by atoms with E-state index in [0.717, 1.165) is 12.8 Å². The maximum atomic E-state index is 11.5. The second kappa shape index (κ2) is 12.4. The topological polar surface area (TPSA) is 98.2 Å². The number of nitrogens with two attached hydrogens (primary N) is 2. The van der Waals surface area contributed by atoms with Gasteiger partial charge >= 0.3 is 0 Å². The summed E-state index contributed by atoms with van der Waals surface area (Å²) in [7, 11) is 0. The van der Waals surface area contributed by atoms with Crippen LogP contribution in [0.5, 0.6) is 0 Å². The highest BCUT2D eigenvalue weighted by Crippen LogP contribution is 2.12. The van der Waals surface area contributed by atoms with E-state index in [-0.39, 0.29) is 6.42 Å². The molecular weight excluding hydrogens is 278 g/mol. The van der Waals surface area contributed by atoms with Crippen molar-refractivity contribution in [1.29, 1.82) is 0 Å². The standard InChI is InChI=1S/C17H35N3O2/c1-3-5-6-7-8-9-10-11-12-13-14-20-17(4-2,15(18)21)16(19)22/h20H,3-14H2,1-2H3,(H2,18,21)(H2,19,22). The molecule has 0 saturated carbocycles. The van der Waals surface area contributed by atoms with Crippen molar-refractivity contribution in [1.82, 2.24) is 5.32 Å². The van der Waals surface area contributed by atoms with Crippen molar-refractivity contribution < 1.29 is 9.59 Å². The third-order valence-corrected chi connectivity index (χ3v) is 4.33. The SMILES string of the molecule is CCCCCCCCCCCCNC(CC)(C(N)=O)C(N)=O. The predicted molar refractivity (Wildman–Crippen MR) is 91.3 cm³/mol. The van der Waals surface area contributed by atoms with Crippen LogP contribution in [0.15, 0.2) is 0 Å². The zero-order valence-corrected chi connectivity index (χ0v) is 14.5. The van der Waals surface area contributed by atoms with Crippen LogP contribution in [0.1, 0.15) is 84.5 Å². The van der Waals surface area contributed by atoms with Gasteiger partial charge in [-0.05, 0) is 19.4 Å². The molecule has 0 heterocycles. The molecule has 5 nitrogen and oxygen atoms in total. The summed E-state index contributed by atoms with van der Waals surface area (Å²) in [6.07, 6.45) is 12.8. The van der Waals surface area contributed by atoms with Crippen LogP contribution in [0, 0.1) is 0 Å². The number of unbranched alkanes of at least 4 members (excludes halogenated alkanes) is 9. The zero-order valence-electron chi connectivity index (χ0n) is 14.5. The second-order valence-corrected chi connectivity index (χ2v) is 6.10. The monoisotopic (exact) mass is 313 g/mol. The first-order valence-electron chi connectivity index (χ1n) is 8.86. The molecule has 0 aromatic rings. The van der Waals surface area contributed by atoms with Gasteiger partial charge in [-0.25, -0.2) is 0 Å². The van der Waals surface area contributed by atoms with Crippen LogP contribution in [0.3, 0.4) is 0 Å². The fourth-order valence-electron chi connectivity index (χ4n) is 2.68. The van der Waals surface area contributed by atoms with Gasteiger partial charge in [0, 0.05) is 0 Å². The summed E-state index contributed by atoms with van der Waals surface area (Å²) in [5.41, 5.74) is 9.23. The van der Waals surface area contributed by atoms with Gasteiger partial charge in [-0.3, -0.25) is 14.9 Å². The van der Waals surface area contributed by atoms with Crippen LogP contribution >= 0.6 is 0 Å². The summed E-state index contributed by atoms with van der Waals surface area (Å²) < 4.78 is 0. The Kier molecular flexibility index (Phi) is 11.8. The fourth-order valence-corrected chi connectivity index (χ4v) is 2.68. The summed E-state index contributed by atoms with van der Waals surface area (Å²) in [4.78, 5) is 22.9. The van der Waals surface area contributed by atoms with Crippen LogP contribution in [-0.2, 0) is 9.59 Å². The van der Waals surface area contributed by atoms with E-state index in [1.165, 1.54) is 51.4 Å². The number of hydrogen-bond acceptors (Lipinski definition) is 3. The number of carbonyl (C=O) groups is 2. The summed E-state index contributed by atoms with van der Waals surface area (Å²) in [6, 6.07) is 0. The van der Waals surface area contributed by atoms with E-state index in [9.17, 15) is 9.59 Å². The second-order valence-electron chi connectivity index (χ2n) is 6.10. The molecule has 0 spiro atoms. The molecular formula is C17H35N3O2. The van der Waals surface area contributed by atoms with E-state index in [1.54, 1.807) is 6.92 Å². The zero-order chi connectivity index (χ0) is 16.8. The number of primary amides is 2. The average molecular weight is 313 g/mol. The lowest BCUT2D eigenvalue weighted by atomic mass is 9.94. The summed E-state index contributed by atoms with van der Waals surface area (Å²) in [5.74, 6) is -1.37. The number of carbonyl (C=O) groups excluding carboxylic acids is 2. The van der Waals surface area contributed by atoms with Crippen LogP contribution in [0.2, 0.25) is 0 Å². The fraction of sp³-hybridized carbons (Fsp3) is 0.882. The van der Waals surface area contributed by atoms with Gasteiger partial charge in [0.25, 0.3) is 0 Å². The van der Waals surface area contributed by atoms with Crippen LogP contribution in [0.25, 0.3) is 0 Å². The van der Waals surface area contributed by atoms with Gasteiger partial charge in [-0.15, -0.1) is 0 Å². The highest BCUT2D eigenvalue weighted by atomic mass is 16.2. The molecule has 0 aromatic carbocycles. The summed E-state index contributed by atoms with van der Waals surface area (Å²) in [6.45, 7) is 4.56. The third-order valence-electron chi connectivity index (χ3n) is 4.33. The minimum atomic E-state index is -1.39. The predicted octanol–water partition coefficient (Wildman–Crippen LogP) is 2.62. The van der Waals surface area contributed by atoms with Crippen LogP contribution in [0.4, 0.5) is 0 Å². The Bertz CT molecular complexity index is 305. The molecule has 130 valence electrons. The number of rotatable bonds is 15. The Morgan fingerprint density at radius 1 is 0.773 bits per heavy atom. The lowest BCUT2D eigenvalue weighted by Crippen LogP contribution is -2.63. The van der Waals surface area contributed by atoms with Crippen LogP contribution in [-0.4, -0.2) is 23.9 Å². The largest absolute Gasteiger partial charge is 0.368 e. The minimum Gasteiger partial charge on any atom is -0.368 e. The van der Waals surface area contributed by atoms with E-state index < -0.39 is 17.4 Å². The summed E-state index contributed by atoms with van der Waals surface area (Å²) in [5, 5.41) is 2.96. The Hall–Kier alpha value is -1.10. The van der Waals surface area contributed by atoms with E-state index >= 15 is 0 Å². The summed E-state index contributed by atoms with van der Waals surface area (Å²) >= 11 is 0.